The highest BCUT2D eigenvalue weighted by molar-refractivity contribution is 5.69. The van der Waals surface area contributed by atoms with Crippen molar-refractivity contribution in [3.05, 3.63) is 66.2 Å². The number of nitrogens with zero attached hydrogens (tertiary/aromatic N) is 1. The SMILES string of the molecule is CC(=CCN1C(C)CCCC1C)c1ccc(-c2ccccc2)cc1. The maximum atomic E-state index is 2.64. The van der Waals surface area contributed by atoms with Gasteiger partial charge >= 0.3 is 0 Å². The molecule has 0 amide bonds. The first-order valence-corrected chi connectivity index (χ1v) is 9.23. The van der Waals surface area contributed by atoms with E-state index in [1.807, 2.05) is 0 Å². The van der Waals surface area contributed by atoms with E-state index in [4.69, 9.17) is 0 Å². The summed E-state index contributed by atoms with van der Waals surface area (Å²) in [5, 5.41) is 0. The van der Waals surface area contributed by atoms with E-state index in [9.17, 15) is 0 Å². The third kappa shape index (κ3) is 3.96. The molecule has 1 saturated heterocycles. The molecule has 2 aromatic rings. The van der Waals surface area contributed by atoms with Crippen molar-refractivity contribution < 1.29 is 0 Å². The van der Waals surface area contributed by atoms with Crippen molar-refractivity contribution in [2.24, 2.45) is 0 Å². The minimum Gasteiger partial charge on any atom is -0.294 e. The number of rotatable bonds is 4. The molecule has 0 spiro atoms. The first-order valence-electron chi connectivity index (χ1n) is 9.23. The smallest absolute Gasteiger partial charge is 0.0174 e. The van der Waals surface area contributed by atoms with E-state index >= 15 is 0 Å². The predicted molar refractivity (Wildman–Crippen MR) is 105 cm³/mol. The van der Waals surface area contributed by atoms with Gasteiger partial charge in [0.1, 0.15) is 0 Å². The Kier molecular flexibility index (Phi) is 5.52. The van der Waals surface area contributed by atoms with Gasteiger partial charge in [-0.05, 0) is 55.9 Å². The molecule has 0 aliphatic carbocycles. The van der Waals surface area contributed by atoms with Crippen molar-refractivity contribution in [1.29, 1.82) is 0 Å². The number of hydrogen-bond acceptors (Lipinski definition) is 1. The summed E-state index contributed by atoms with van der Waals surface area (Å²) in [7, 11) is 0. The minimum atomic E-state index is 0.707. The van der Waals surface area contributed by atoms with Gasteiger partial charge in [-0.25, -0.2) is 0 Å². The molecule has 3 rings (SSSR count). The standard InChI is InChI=1S/C23H29N/c1-18(16-17-24-19(2)8-7-9-20(24)3)21-12-14-23(15-13-21)22-10-5-4-6-11-22/h4-6,10-16,19-20H,7-9,17H2,1-3H3. The molecule has 24 heavy (non-hydrogen) atoms. The van der Waals surface area contributed by atoms with E-state index in [1.54, 1.807) is 0 Å². The van der Waals surface area contributed by atoms with E-state index in [0.29, 0.717) is 12.1 Å². The number of benzene rings is 2. The molecule has 1 nitrogen and oxygen atoms in total. The zero-order valence-corrected chi connectivity index (χ0v) is 15.2. The summed E-state index contributed by atoms with van der Waals surface area (Å²) in [6.07, 6.45) is 6.45. The topological polar surface area (TPSA) is 3.24 Å². The molecule has 2 unspecified atom stereocenters. The molecule has 2 atom stereocenters. The van der Waals surface area contributed by atoms with E-state index < -0.39 is 0 Å². The third-order valence-corrected chi connectivity index (χ3v) is 5.43. The van der Waals surface area contributed by atoms with Crippen LogP contribution >= 0.6 is 0 Å². The third-order valence-electron chi connectivity index (χ3n) is 5.43. The molecule has 1 heterocycles. The van der Waals surface area contributed by atoms with Crippen molar-refractivity contribution >= 4 is 5.57 Å². The Labute approximate surface area is 147 Å². The highest BCUT2D eigenvalue weighted by Crippen LogP contribution is 2.24. The summed E-state index contributed by atoms with van der Waals surface area (Å²) in [6.45, 7) is 8.03. The molecule has 1 fully saturated rings. The maximum absolute atomic E-state index is 2.64. The molecule has 1 heteroatoms. The Morgan fingerprint density at radius 1 is 0.917 bits per heavy atom. The van der Waals surface area contributed by atoms with Crippen LogP contribution in [0.3, 0.4) is 0 Å². The molecule has 126 valence electrons. The van der Waals surface area contributed by atoms with Crippen molar-refractivity contribution in [3.8, 4) is 11.1 Å². The quantitative estimate of drug-likeness (QED) is 0.666. The van der Waals surface area contributed by atoms with E-state index in [2.05, 4.69) is 86.3 Å². The van der Waals surface area contributed by atoms with Crippen LogP contribution in [0.1, 0.15) is 45.6 Å². The van der Waals surface area contributed by atoms with Crippen LogP contribution < -0.4 is 0 Å². The fraction of sp³-hybridized carbons (Fsp3) is 0.391. The molecule has 0 bridgehead atoms. The maximum Gasteiger partial charge on any atom is 0.0174 e. The molecular weight excluding hydrogens is 290 g/mol. The molecule has 2 aromatic carbocycles. The largest absolute Gasteiger partial charge is 0.294 e. The van der Waals surface area contributed by atoms with Crippen LogP contribution in [0, 0.1) is 0 Å². The second kappa shape index (κ2) is 7.81. The van der Waals surface area contributed by atoms with Crippen LogP contribution in [-0.4, -0.2) is 23.5 Å². The second-order valence-electron chi connectivity index (χ2n) is 7.16. The normalized spacial score (nSPS) is 22.5. The fourth-order valence-corrected chi connectivity index (χ4v) is 3.75. The number of hydrogen-bond donors (Lipinski definition) is 0. The van der Waals surface area contributed by atoms with E-state index in [0.717, 1.165) is 6.54 Å². The lowest BCUT2D eigenvalue weighted by Crippen LogP contribution is -2.43. The molecule has 1 aliphatic heterocycles. The van der Waals surface area contributed by atoms with Crippen molar-refractivity contribution in [2.45, 2.75) is 52.1 Å². The molecule has 0 aromatic heterocycles. The van der Waals surface area contributed by atoms with Gasteiger partial charge in [-0.3, -0.25) is 4.90 Å². The van der Waals surface area contributed by atoms with Crippen LogP contribution in [0.4, 0.5) is 0 Å². The Morgan fingerprint density at radius 3 is 2.12 bits per heavy atom. The van der Waals surface area contributed by atoms with Crippen LogP contribution in [0.2, 0.25) is 0 Å². The summed E-state index contributed by atoms with van der Waals surface area (Å²) >= 11 is 0. The van der Waals surface area contributed by atoms with Crippen LogP contribution in [0.15, 0.2) is 60.7 Å². The van der Waals surface area contributed by atoms with Gasteiger partial charge in [-0.1, -0.05) is 67.1 Å². The Bertz CT molecular complexity index is 659. The first kappa shape index (κ1) is 17.0. The Balaban J connectivity index is 1.69. The summed E-state index contributed by atoms with van der Waals surface area (Å²) < 4.78 is 0. The zero-order chi connectivity index (χ0) is 16.9. The fourth-order valence-electron chi connectivity index (χ4n) is 3.75. The Hall–Kier alpha value is -1.86. The average molecular weight is 319 g/mol. The molecule has 1 aliphatic rings. The van der Waals surface area contributed by atoms with Gasteiger partial charge in [-0.15, -0.1) is 0 Å². The monoisotopic (exact) mass is 319 g/mol. The summed E-state index contributed by atoms with van der Waals surface area (Å²) in [5.41, 5.74) is 5.26. The van der Waals surface area contributed by atoms with Gasteiger partial charge in [0, 0.05) is 18.6 Å². The van der Waals surface area contributed by atoms with E-state index in [-0.39, 0.29) is 0 Å². The molecular formula is C23H29N. The van der Waals surface area contributed by atoms with Gasteiger partial charge in [0.2, 0.25) is 0 Å². The summed E-state index contributed by atoms with van der Waals surface area (Å²) in [6, 6.07) is 20.9. The van der Waals surface area contributed by atoms with Crippen molar-refractivity contribution in [2.75, 3.05) is 6.54 Å². The number of likely N-dealkylation sites (tertiary alicyclic amines) is 1. The van der Waals surface area contributed by atoms with Gasteiger partial charge in [0.25, 0.3) is 0 Å². The van der Waals surface area contributed by atoms with Crippen LogP contribution in [0.5, 0.6) is 0 Å². The summed E-state index contributed by atoms with van der Waals surface area (Å²) in [5.74, 6) is 0. The van der Waals surface area contributed by atoms with Gasteiger partial charge < -0.3 is 0 Å². The average Bonchev–Trinajstić information content (AvgIpc) is 2.62. The van der Waals surface area contributed by atoms with Crippen molar-refractivity contribution in [3.63, 3.8) is 0 Å². The Morgan fingerprint density at radius 2 is 1.50 bits per heavy atom. The second-order valence-corrected chi connectivity index (χ2v) is 7.16. The minimum absolute atomic E-state index is 0.707. The van der Waals surface area contributed by atoms with Gasteiger partial charge in [0.05, 0.1) is 0 Å². The van der Waals surface area contributed by atoms with Gasteiger partial charge in [-0.2, -0.15) is 0 Å². The molecule has 0 N–H and O–H groups in total. The first-order chi connectivity index (χ1) is 11.6. The highest BCUT2D eigenvalue weighted by Gasteiger charge is 2.23. The lowest BCUT2D eigenvalue weighted by molar-refractivity contribution is 0.119. The van der Waals surface area contributed by atoms with Crippen LogP contribution in [0.25, 0.3) is 16.7 Å². The summed E-state index contributed by atoms with van der Waals surface area (Å²) in [4.78, 5) is 2.64. The van der Waals surface area contributed by atoms with Gasteiger partial charge in [0.15, 0.2) is 0 Å². The van der Waals surface area contributed by atoms with Crippen LogP contribution in [-0.2, 0) is 0 Å². The van der Waals surface area contributed by atoms with Crippen molar-refractivity contribution in [1.82, 2.24) is 4.90 Å². The van der Waals surface area contributed by atoms with E-state index in [1.165, 1.54) is 41.5 Å². The predicted octanol–water partition coefficient (Wildman–Crippen LogP) is 6.02. The number of piperidine rings is 1. The molecule has 0 radical (unpaired) electrons. The number of allylic oxidation sites excluding steroid dienone is 1. The zero-order valence-electron chi connectivity index (χ0n) is 15.2. The lowest BCUT2D eigenvalue weighted by Gasteiger charge is -2.38. The molecule has 0 saturated carbocycles. The highest BCUT2D eigenvalue weighted by atomic mass is 15.2. The lowest BCUT2D eigenvalue weighted by atomic mass is 9.97.